The molecule has 0 aliphatic carbocycles. The largest absolute Gasteiger partial charge is 0.340 e. The fourth-order valence-corrected chi connectivity index (χ4v) is 2.21. The van der Waals surface area contributed by atoms with E-state index in [-0.39, 0.29) is 5.91 Å². The Hall–Kier alpha value is -0.0900. The normalized spacial score (nSPS) is 18.1. The van der Waals surface area contributed by atoms with E-state index in [1.807, 2.05) is 4.90 Å². The van der Waals surface area contributed by atoms with Gasteiger partial charge in [-0.3, -0.25) is 9.69 Å². The minimum atomic E-state index is 0.190. The van der Waals surface area contributed by atoms with E-state index in [1.165, 1.54) is 12.8 Å². The molecule has 0 aromatic carbocycles. The topological polar surface area (TPSA) is 23.6 Å². The number of hydrogen-bond acceptors (Lipinski definition) is 2. The van der Waals surface area contributed by atoms with Gasteiger partial charge in [0.2, 0.25) is 5.91 Å². The highest BCUT2D eigenvalue weighted by Gasteiger charge is 2.18. The molecular formula is C11H20BrN2O. The number of unbranched alkanes of at least 4 members (excludes halogenated alkanes) is 1. The van der Waals surface area contributed by atoms with Crippen LogP contribution in [-0.4, -0.2) is 53.8 Å². The lowest BCUT2D eigenvalue weighted by molar-refractivity contribution is -0.132. The van der Waals surface area contributed by atoms with Gasteiger partial charge < -0.3 is 4.90 Å². The molecule has 0 atom stereocenters. The molecule has 87 valence electrons. The summed E-state index contributed by atoms with van der Waals surface area (Å²) in [5.41, 5.74) is 0. The van der Waals surface area contributed by atoms with E-state index in [9.17, 15) is 4.79 Å². The van der Waals surface area contributed by atoms with Crippen LogP contribution in [0.15, 0.2) is 0 Å². The predicted molar refractivity (Wildman–Crippen MR) is 66.0 cm³/mol. The van der Waals surface area contributed by atoms with Gasteiger partial charge in [-0.1, -0.05) is 15.9 Å². The number of piperazine rings is 1. The van der Waals surface area contributed by atoms with Crippen LogP contribution in [0.1, 0.15) is 19.3 Å². The smallest absolute Gasteiger partial charge is 0.222 e. The lowest BCUT2D eigenvalue weighted by Crippen LogP contribution is -2.48. The molecule has 1 heterocycles. The van der Waals surface area contributed by atoms with Gasteiger partial charge in [-0.15, -0.1) is 0 Å². The van der Waals surface area contributed by atoms with Crippen molar-refractivity contribution in [2.75, 3.05) is 38.1 Å². The Morgan fingerprint density at radius 1 is 1.20 bits per heavy atom. The zero-order valence-electron chi connectivity index (χ0n) is 9.25. The van der Waals surface area contributed by atoms with Crippen molar-refractivity contribution in [2.45, 2.75) is 19.3 Å². The lowest BCUT2D eigenvalue weighted by atomic mass is 10.2. The summed E-state index contributed by atoms with van der Waals surface area (Å²) in [5, 5.41) is 1.09. The Kier molecular flexibility index (Phi) is 6.25. The maximum absolute atomic E-state index is 11.4. The number of rotatable bonds is 5. The lowest BCUT2D eigenvalue weighted by Gasteiger charge is -2.34. The quantitative estimate of drug-likeness (QED) is 0.561. The van der Waals surface area contributed by atoms with Crippen LogP contribution >= 0.6 is 15.9 Å². The third-order valence-electron chi connectivity index (χ3n) is 2.80. The molecule has 1 fully saturated rings. The molecule has 1 amide bonds. The molecule has 1 aliphatic heterocycles. The van der Waals surface area contributed by atoms with Crippen molar-refractivity contribution in [2.24, 2.45) is 0 Å². The van der Waals surface area contributed by atoms with Crippen molar-refractivity contribution in [3.8, 4) is 0 Å². The Morgan fingerprint density at radius 3 is 2.40 bits per heavy atom. The maximum Gasteiger partial charge on any atom is 0.222 e. The second kappa shape index (κ2) is 7.23. The van der Waals surface area contributed by atoms with Crippen LogP contribution < -0.4 is 0 Å². The molecule has 4 heteroatoms. The molecule has 0 aromatic rings. The zero-order valence-corrected chi connectivity index (χ0v) is 10.8. The number of nitrogens with zero attached hydrogens (tertiary/aromatic N) is 2. The number of carbonyl (C=O) groups excluding carboxylic acids is 1. The van der Waals surface area contributed by atoms with Gasteiger partial charge in [0.05, 0.1) is 0 Å². The third kappa shape index (κ3) is 4.51. The number of amides is 1. The second-order valence-corrected chi connectivity index (χ2v) is 4.66. The van der Waals surface area contributed by atoms with Crippen LogP contribution in [0.2, 0.25) is 0 Å². The molecule has 0 bridgehead atoms. The fourth-order valence-electron chi connectivity index (χ4n) is 1.81. The third-order valence-corrected chi connectivity index (χ3v) is 3.36. The molecule has 3 nitrogen and oxygen atoms in total. The van der Waals surface area contributed by atoms with Crippen molar-refractivity contribution < 1.29 is 4.79 Å². The van der Waals surface area contributed by atoms with Gasteiger partial charge in [-0.25, -0.2) is 0 Å². The SMILES string of the molecule is [CH2]CC(=O)N1CCN(CCCCBr)CC1. The van der Waals surface area contributed by atoms with Crippen LogP contribution in [0.25, 0.3) is 0 Å². The Bertz CT molecular complexity index is 191. The van der Waals surface area contributed by atoms with E-state index in [0.717, 1.165) is 38.1 Å². The summed E-state index contributed by atoms with van der Waals surface area (Å²) in [6.45, 7) is 8.59. The van der Waals surface area contributed by atoms with E-state index >= 15 is 0 Å². The number of carbonyl (C=O) groups is 1. The standard InChI is InChI=1S/C11H20BrN2O/c1-2-11(15)14-9-7-13(8-10-14)6-4-3-5-12/h1-10H2. The molecule has 1 rings (SSSR count). The molecule has 0 saturated carbocycles. The van der Waals surface area contributed by atoms with Crippen molar-refractivity contribution >= 4 is 21.8 Å². The Labute approximate surface area is 101 Å². The second-order valence-electron chi connectivity index (χ2n) is 3.87. The summed E-state index contributed by atoms with van der Waals surface area (Å²) >= 11 is 3.43. The fraction of sp³-hybridized carbons (Fsp3) is 0.818. The van der Waals surface area contributed by atoms with Gasteiger partial charge in [0.15, 0.2) is 0 Å². The highest BCUT2D eigenvalue weighted by atomic mass is 79.9. The van der Waals surface area contributed by atoms with Crippen LogP contribution in [0, 0.1) is 6.92 Å². The molecule has 0 aromatic heterocycles. The molecule has 1 radical (unpaired) electrons. The molecular weight excluding hydrogens is 256 g/mol. The van der Waals surface area contributed by atoms with E-state index < -0.39 is 0 Å². The van der Waals surface area contributed by atoms with E-state index in [0.29, 0.717) is 6.42 Å². The van der Waals surface area contributed by atoms with Gasteiger partial charge in [-0.05, 0) is 26.3 Å². The van der Waals surface area contributed by atoms with Crippen LogP contribution in [0.3, 0.4) is 0 Å². The molecule has 0 spiro atoms. The number of alkyl halides is 1. The van der Waals surface area contributed by atoms with Crippen LogP contribution in [-0.2, 0) is 4.79 Å². The summed E-state index contributed by atoms with van der Waals surface area (Å²) in [5.74, 6) is 0.190. The minimum Gasteiger partial charge on any atom is -0.340 e. The molecule has 1 saturated heterocycles. The predicted octanol–water partition coefficient (Wildman–Crippen LogP) is 1.53. The molecule has 1 aliphatic rings. The summed E-state index contributed by atoms with van der Waals surface area (Å²) in [6.07, 6.45) is 2.87. The number of hydrogen-bond donors (Lipinski definition) is 0. The highest BCUT2D eigenvalue weighted by molar-refractivity contribution is 9.09. The first kappa shape index (κ1) is 13.0. The summed E-state index contributed by atoms with van der Waals surface area (Å²) in [6, 6.07) is 0. The number of halogens is 1. The first-order valence-electron chi connectivity index (χ1n) is 5.63. The first-order valence-corrected chi connectivity index (χ1v) is 6.75. The van der Waals surface area contributed by atoms with E-state index in [1.54, 1.807) is 0 Å². The molecule has 0 N–H and O–H groups in total. The van der Waals surface area contributed by atoms with Gasteiger partial charge in [0.25, 0.3) is 0 Å². The average molecular weight is 276 g/mol. The van der Waals surface area contributed by atoms with Crippen LogP contribution in [0.4, 0.5) is 0 Å². The Morgan fingerprint density at radius 2 is 1.87 bits per heavy atom. The molecule has 15 heavy (non-hydrogen) atoms. The van der Waals surface area contributed by atoms with Gasteiger partial charge >= 0.3 is 0 Å². The van der Waals surface area contributed by atoms with Crippen molar-refractivity contribution in [1.82, 2.24) is 9.80 Å². The first-order chi connectivity index (χ1) is 7.27. The van der Waals surface area contributed by atoms with Gasteiger partial charge in [0, 0.05) is 37.9 Å². The zero-order chi connectivity index (χ0) is 11.1. The average Bonchev–Trinajstić information content (AvgIpc) is 2.29. The summed E-state index contributed by atoms with van der Waals surface area (Å²) in [7, 11) is 0. The van der Waals surface area contributed by atoms with Gasteiger partial charge in [-0.2, -0.15) is 0 Å². The van der Waals surface area contributed by atoms with Gasteiger partial charge in [0.1, 0.15) is 0 Å². The highest BCUT2D eigenvalue weighted by Crippen LogP contribution is 2.05. The maximum atomic E-state index is 11.4. The summed E-state index contributed by atoms with van der Waals surface area (Å²) < 4.78 is 0. The van der Waals surface area contributed by atoms with Crippen molar-refractivity contribution in [1.29, 1.82) is 0 Å². The van der Waals surface area contributed by atoms with Crippen molar-refractivity contribution in [3.63, 3.8) is 0 Å². The molecule has 0 unspecified atom stereocenters. The van der Waals surface area contributed by atoms with Crippen LogP contribution in [0.5, 0.6) is 0 Å². The van der Waals surface area contributed by atoms with Crippen molar-refractivity contribution in [3.05, 3.63) is 6.92 Å². The Balaban J connectivity index is 2.15. The summed E-state index contributed by atoms with van der Waals surface area (Å²) in [4.78, 5) is 15.7. The monoisotopic (exact) mass is 275 g/mol. The minimum absolute atomic E-state index is 0.190. The van der Waals surface area contributed by atoms with E-state index in [2.05, 4.69) is 27.8 Å². The van der Waals surface area contributed by atoms with E-state index in [4.69, 9.17) is 0 Å².